The summed E-state index contributed by atoms with van der Waals surface area (Å²) in [5.74, 6) is 0. The molecule has 0 unspecified atom stereocenters. The van der Waals surface area contributed by atoms with Gasteiger partial charge in [0.15, 0.2) is 4.80 Å². The first-order valence-corrected chi connectivity index (χ1v) is 10.1. The highest BCUT2D eigenvalue weighted by Crippen LogP contribution is 2.32. The number of nitrogens with zero attached hydrogens (tertiary/aromatic N) is 3. The van der Waals surface area contributed by atoms with Gasteiger partial charge in [0.25, 0.3) is 0 Å². The maximum atomic E-state index is 13.0. The lowest BCUT2D eigenvalue weighted by atomic mass is 10.0. The van der Waals surface area contributed by atoms with E-state index in [1.165, 1.54) is 17.4 Å². The summed E-state index contributed by atoms with van der Waals surface area (Å²) in [4.78, 5) is 18.8. The number of alkyl halides is 3. The van der Waals surface area contributed by atoms with Crippen molar-refractivity contribution < 1.29 is 18.0 Å². The monoisotopic (exact) mass is 417 g/mol. The van der Waals surface area contributed by atoms with Crippen molar-refractivity contribution in [3.05, 3.63) is 70.5 Å². The summed E-state index contributed by atoms with van der Waals surface area (Å²) in [6.07, 6.45) is -0.549. The highest BCUT2D eigenvalue weighted by atomic mass is 32.1. The van der Waals surface area contributed by atoms with Crippen molar-refractivity contribution in [3.8, 4) is 16.8 Å². The van der Waals surface area contributed by atoms with Crippen LogP contribution in [0.2, 0.25) is 0 Å². The van der Waals surface area contributed by atoms with E-state index >= 15 is 0 Å². The van der Waals surface area contributed by atoms with Crippen LogP contribution in [0.25, 0.3) is 16.8 Å². The molecule has 29 heavy (non-hydrogen) atoms. The second kappa shape index (κ2) is 7.87. The molecule has 4 rings (SSSR count). The largest absolute Gasteiger partial charge is 0.416 e. The molecule has 8 heteroatoms. The predicted molar refractivity (Wildman–Crippen MR) is 106 cm³/mol. The maximum absolute atomic E-state index is 13.0. The van der Waals surface area contributed by atoms with Crippen LogP contribution in [-0.4, -0.2) is 28.6 Å². The highest BCUT2D eigenvalue weighted by Gasteiger charge is 2.30. The Morgan fingerprint density at radius 3 is 2.41 bits per heavy atom. The molecule has 2 amide bonds. The molecule has 0 spiro atoms. The summed E-state index contributed by atoms with van der Waals surface area (Å²) in [7, 11) is 0. The van der Waals surface area contributed by atoms with Gasteiger partial charge < -0.3 is 4.90 Å². The standard InChI is InChI=1S/C21H18F3N3OS/c22-21(23,24)17-5-3-4-16(14-17)15-6-8-18(9-7-15)27-12-13-29-20(27)25-19(28)26-10-1-2-11-26/h3-9,12-14H,1-2,10-11H2. The van der Waals surface area contributed by atoms with Crippen molar-refractivity contribution in [3.63, 3.8) is 0 Å². The van der Waals surface area contributed by atoms with Gasteiger partial charge in [0.05, 0.1) is 5.56 Å². The molecule has 0 bridgehead atoms. The molecule has 2 aromatic carbocycles. The number of rotatable bonds is 2. The zero-order valence-electron chi connectivity index (χ0n) is 15.4. The fourth-order valence-corrected chi connectivity index (χ4v) is 4.01. The predicted octanol–water partition coefficient (Wildman–Crippen LogP) is 5.34. The molecule has 150 valence electrons. The van der Waals surface area contributed by atoms with Crippen molar-refractivity contribution in [1.82, 2.24) is 9.47 Å². The second-order valence-corrected chi connectivity index (χ2v) is 7.64. The molecule has 0 saturated carbocycles. The van der Waals surface area contributed by atoms with Gasteiger partial charge in [-0.1, -0.05) is 24.3 Å². The zero-order chi connectivity index (χ0) is 20.4. The Morgan fingerprint density at radius 2 is 1.72 bits per heavy atom. The fourth-order valence-electron chi connectivity index (χ4n) is 3.30. The molecule has 1 fully saturated rings. The van der Waals surface area contributed by atoms with E-state index in [1.807, 2.05) is 23.7 Å². The van der Waals surface area contributed by atoms with Gasteiger partial charge in [-0.2, -0.15) is 18.2 Å². The Labute approximate surface area is 169 Å². The van der Waals surface area contributed by atoms with Crippen LogP contribution in [0.3, 0.4) is 0 Å². The molecule has 1 saturated heterocycles. The first-order valence-electron chi connectivity index (χ1n) is 9.20. The quantitative estimate of drug-likeness (QED) is 0.555. The number of aromatic nitrogens is 1. The third kappa shape index (κ3) is 4.27. The van der Waals surface area contributed by atoms with E-state index in [4.69, 9.17) is 0 Å². The van der Waals surface area contributed by atoms with Crippen molar-refractivity contribution in [1.29, 1.82) is 0 Å². The van der Waals surface area contributed by atoms with Crippen LogP contribution in [0.5, 0.6) is 0 Å². The Hall–Kier alpha value is -2.87. The Balaban J connectivity index is 1.61. The van der Waals surface area contributed by atoms with Gasteiger partial charge in [-0.3, -0.25) is 4.57 Å². The third-order valence-electron chi connectivity index (χ3n) is 4.83. The summed E-state index contributed by atoms with van der Waals surface area (Å²) in [6, 6.07) is 12.2. The summed E-state index contributed by atoms with van der Waals surface area (Å²) in [5, 5.41) is 1.84. The minimum atomic E-state index is -4.37. The average molecular weight is 417 g/mol. The van der Waals surface area contributed by atoms with Crippen molar-refractivity contribution >= 4 is 17.4 Å². The molecule has 2 heterocycles. The summed E-state index contributed by atoms with van der Waals surface area (Å²) >= 11 is 1.36. The van der Waals surface area contributed by atoms with E-state index in [9.17, 15) is 18.0 Å². The van der Waals surface area contributed by atoms with Crippen LogP contribution in [0.15, 0.2) is 65.1 Å². The molecule has 3 aromatic rings. The summed E-state index contributed by atoms with van der Waals surface area (Å²) in [6.45, 7) is 1.47. The molecule has 1 aliphatic heterocycles. The van der Waals surface area contributed by atoms with Crippen LogP contribution in [0, 0.1) is 0 Å². The number of carbonyl (C=O) groups is 1. The Bertz CT molecular complexity index is 1080. The van der Waals surface area contributed by atoms with Crippen molar-refractivity contribution in [2.45, 2.75) is 19.0 Å². The maximum Gasteiger partial charge on any atom is 0.416 e. The fraction of sp³-hybridized carbons (Fsp3) is 0.238. The number of benzene rings is 2. The van der Waals surface area contributed by atoms with Crippen LogP contribution < -0.4 is 4.80 Å². The van der Waals surface area contributed by atoms with Gasteiger partial charge >= 0.3 is 12.2 Å². The molecule has 1 aliphatic rings. The number of hydrogen-bond donors (Lipinski definition) is 0. The minimum Gasteiger partial charge on any atom is -0.323 e. The van der Waals surface area contributed by atoms with Gasteiger partial charge in [0.2, 0.25) is 0 Å². The van der Waals surface area contributed by atoms with Crippen LogP contribution in [0.1, 0.15) is 18.4 Å². The number of thiazole rings is 1. The van der Waals surface area contributed by atoms with Gasteiger partial charge in [-0.15, -0.1) is 11.3 Å². The Kier molecular flexibility index (Phi) is 5.27. The molecule has 0 aliphatic carbocycles. The van der Waals surface area contributed by atoms with E-state index in [0.717, 1.165) is 43.8 Å². The molecule has 1 aromatic heterocycles. The highest BCUT2D eigenvalue weighted by molar-refractivity contribution is 7.07. The van der Waals surface area contributed by atoms with E-state index in [2.05, 4.69) is 4.99 Å². The van der Waals surface area contributed by atoms with E-state index in [1.54, 1.807) is 27.7 Å². The molecule has 0 atom stereocenters. The normalized spacial score (nSPS) is 15.1. The number of urea groups is 1. The molecule has 0 N–H and O–H groups in total. The van der Waals surface area contributed by atoms with Crippen LogP contribution in [0.4, 0.5) is 18.0 Å². The SMILES string of the molecule is O=C(N=c1sccn1-c1ccc(-c2cccc(C(F)(F)F)c2)cc1)N1CCCC1. The number of likely N-dealkylation sites (tertiary alicyclic amines) is 1. The van der Waals surface area contributed by atoms with Crippen LogP contribution >= 0.6 is 11.3 Å². The van der Waals surface area contributed by atoms with Gasteiger partial charge in [-0.25, -0.2) is 4.79 Å². The van der Waals surface area contributed by atoms with E-state index < -0.39 is 11.7 Å². The smallest absolute Gasteiger partial charge is 0.323 e. The third-order valence-corrected chi connectivity index (χ3v) is 5.58. The minimum absolute atomic E-state index is 0.237. The van der Waals surface area contributed by atoms with E-state index in [-0.39, 0.29) is 6.03 Å². The average Bonchev–Trinajstić information content (AvgIpc) is 3.40. The van der Waals surface area contributed by atoms with Gasteiger partial charge in [-0.05, 0) is 48.2 Å². The zero-order valence-corrected chi connectivity index (χ0v) is 16.2. The van der Waals surface area contributed by atoms with E-state index in [0.29, 0.717) is 15.9 Å². The number of carbonyl (C=O) groups excluding carboxylic acids is 1. The number of hydrogen-bond acceptors (Lipinski definition) is 2. The molecule has 0 radical (unpaired) electrons. The lowest BCUT2D eigenvalue weighted by Crippen LogP contribution is -2.27. The molecular formula is C21H18F3N3OS. The van der Waals surface area contributed by atoms with Crippen molar-refractivity contribution in [2.24, 2.45) is 4.99 Å². The van der Waals surface area contributed by atoms with Gasteiger partial charge in [0, 0.05) is 30.4 Å². The second-order valence-electron chi connectivity index (χ2n) is 6.77. The summed E-state index contributed by atoms with van der Waals surface area (Å²) in [5.41, 5.74) is 1.29. The summed E-state index contributed by atoms with van der Waals surface area (Å²) < 4.78 is 40.7. The lowest BCUT2D eigenvalue weighted by Gasteiger charge is -2.11. The molecule has 4 nitrogen and oxygen atoms in total. The van der Waals surface area contributed by atoms with Crippen molar-refractivity contribution in [2.75, 3.05) is 13.1 Å². The van der Waals surface area contributed by atoms with Crippen LogP contribution in [-0.2, 0) is 6.18 Å². The number of halogens is 3. The first-order chi connectivity index (χ1) is 13.9. The number of amides is 2. The van der Waals surface area contributed by atoms with Gasteiger partial charge in [0.1, 0.15) is 0 Å². The Morgan fingerprint density at radius 1 is 1.00 bits per heavy atom. The first kappa shape index (κ1) is 19.4. The lowest BCUT2D eigenvalue weighted by molar-refractivity contribution is -0.137. The molecular weight excluding hydrogens is 399 g/mol. The topological polar surface area (TPSA) is 37.6 Å².